The first-order valence-corrected chi connectivity index (χ1v) is 6.49. The lowest BCUT2D eigenvalue weighted by Crippen LogP contribution is -2.30. The molecule has 1 heterocycles. The van der Waals surface area contributed by atoms with Crippen molar-refractivity contribution in [3.63, 3.8) is 0 Å². The van der Waals surface area contributed by atoms with E-state index in [0.717, 1.165) is 26.3 Å². The summed E-state index contributed by atoms with van der Waals surface area (Å²) < 4.78 is 14.8. The number of morpholine rings is 1. The number of aliphatic hydroxyl groups excluding tert-OH is 1. The average Bonchev–Trinajstić information content (AvgIpc) is 2.20. The molecule has 3 N–H and O–H groups in total. The van der Waals surface area contributed by atoms with Crippen molar-refractivity contribution in [1.29, 1.82) is 0 Å². The van der Waals surface area contributed by atoms with Crippen LogP contribution in [0.2, 0.25) is 0 Å². The van der Waals surface area contributed by atoms with Crippen LogP contribution in [0.25, 0.3) is 0 Å². The minimum absolute atomic E-state index is 0.168. The van der Waals surface area contributed by atoms with E-state index in [1.165, 1.54) is 0 Å². The average molecular weight is 276 g/mol. The molecule has 2 atom stereocenters. The van der Waals surface area contributed by atoms with Crippen LogP contribution in [0.5, 0.6) is 0 Å². The van der Waals surface area contributed by atoms with E-state index in [1.807, 2.05) is 0 Å². The molecular formula is C6H15BrNO4P. The first kappa shape index (κ1) is 13.5. The number of nitrogens with one attached hydrogen (secondary N) is 1. The SMILES string of the molecule is C1COCCN1.O=[PH](O)C(O)CBr. The largest absolute Gasteiger partial charge is 0.382 e. The molecule has 13 heavy (non-hydrogen) atoms. The maximum Gasteiger partial charge on any atom is 0.217 e. The molecule has 2 unspecified atom stereocenters. The predicted octanol–water partition coefficient (Wildman–Crippen LogP) is -0.227. The van der Waals surface area contributed by atoms with Crippen LogP contribution in [0.3, 0.4) is 0 Å². The Morgan fingerprint density at radius 2 is 2.08 bits per heavy atom. The molecule has 0 aliphatic carbocycles. The molecule has 1 fully saturated rings. The van der Waals surface area contributed by atoms with Gasteiger partial charge in [-0.1, -0.05) is 15.9 Å². The highest BCUT2D eigenvalue weighted by molar-refractivity contribution is 9.09. The molecule has 5 nitrogen and oxygen atoms in total. The van der Waals surface area contributed by atoms with E-state index in [-0.39, 0.29) is 5.33 Å². The van der Waals surface area contributed by atoms with E-state index >= 15 is 0 Å². The summed E-state index contributed by atoms with van der Waals surface area (Å²) in [6.45, 7) is 3.83. The molecule has 0 aromatic rings. The number of alkyl halides is 1. The van der Waals surface area contributed by atoms with Crippen molar-refractivity contribution in [2.75, 3.05) is 31.6 Å². The quantitative estimate of drug-likeness (QED) is 0.480. The summed E-state index contributed by atoms with van der Waals surface area (Å²) in [6.07, 6.45) is 0. The van der Waals surface area contributed by atoms with Gasteiger partial charge in [-0.3, -0.25) is 4.57 Å². The molecule has 0 bridgehead atoms. The maximum atomic E-state index is 9.84. The molecule has 1 rings (SSSR count). The van der Waals surface area contributed by atoms with Crippen molar-refractivity contribution in [2.45, 2.75) is 5.85 Å². The highest BCUT2D eigenvalue weighted by Crippen LogP contribution is 2.20. The van der Waals surface area contributed by atoms with Gasteiger partial charge in [0.05, 0.1) is 13.2 Å². The van der Waals surface area contributed by atoms with Crippen LogP contribution in [0, 0.1) is 0 Å². The van der Waals surface area contributed by atoms with Crippen LogP contribution in [0.4, 0.5) is 0 Å². The molecule has 80 valence electrons. The summed E-state index contributed by atoms with van der Waals surface area (Å²) in [5.41, 5.74) is 0. The van der Waals surface area contributed by atoms with Gasteiger partial charge in [0.25, 0.3) is 0 Å². The van der Waals surface area contributed by atoms with Crippen LogP contribution in [0.15, 0.2) is 0 Å². The van der Waals surface area contributed by atoms with E-state index in [1.54, 1.807) is 0 Å². The molecule has 1 aliphatic heterocycles. The Morgan fingerprint density at radius 3 is 2.15 bits per heavy atom. The summed E-state index contributed by atoms with van der Waals surface area (Å²) in [5.74, 6) is -1.08. The number of rotatable bonds is 2. The molecule has 1 aliphatic rings. The van der Waals surface area contributed by atoms with E-state index < -0.39 is 13.9 Å². The number of aliphatic hydroxyl groups is 1. The molecule has 0 radical (unpaired) electrons. The zero-order chi connectivity index (χ0) is 10.1. The smallest absolute Gasteiger partial charge is 0.217 e. The Bertz CT molecular complexity index is 133. The zero-order valence-corrected chi connectivity index (χ0v) is 9.79. The van der Waals surface area contributed by atoms with Gasteiger partial charge in [0, 0.05) is 18.4 Å². The monoisotopic (exact) mass is 275 g/mol. The van der Waals surface area contributed by atoms with Gasteiger partial charge in [-0.25, -0.2) is 0 Å². The minimum Gasteiger partial charge on any atom is -0.382 e. The van der Waals surface area contributed by atoms with Gasteiger partial charge in [0.1, 0.15) is 5.85 Å². The summed E-state index contributed by atoms with van der Waals surface area (Å²) in [5, 5.41) is 11.7. The van der Waals surface area contributed by atoms with Crippen LogP contribution in [0.1, 0.15) is 0 Å². The number of hydrogen-bond acceptors (Lipinski definition) is 4. The van der Waals surface area contributed by atoms with Crippen molar-refractivity contribution in [3.05, 3.63) is 0 Å². The van der Waals surface area contributed by atoms with E-state index in [2.05, 4.69) is 21.2 Å². The zero-order valence-electron chi connectivity index (χ0n) is 7.20. The normalized spacial score (nSPS) is 21.2. The Balaban J connectivity index is 0.000000223. The van der Waals surface area contributed by atoms with E-state index in [0.29, 0.717) is 0 Å². The predicted molar refractivity (Wildman–Crippen MR) is 54.7 cm³/mol. The topological polar surface area (TPSA) is 78.8 Å². The fraction of sp³-hybridized carbons (Fsp3) is 1.00. The van der Waals surface area contributed by atoms with Crippen LogP contribution >= 0.6 is 24.0 Å². The molecule has 0 aromatic heterocycles. The Kier molecular flexibility index (Phi) is 9.50. The van der Waals surface area contributed by atoms with Gasteiger partial charge < -0.3 is 20.1 Å². The number of hydrogen-bond donors (Lipinski definition) is 3. The fourth-order valence-electron chi connectivity index (χ4n) is 0.582. The third kappa shape index (κ3) is 8.87. The molecule has 1 saturated heterocycles. The summed E-state index contributed by atoms with van der Waals surface area (Å²) in [4.78, 5) is 8.09. The standard InChI is InChI=1S/C4H9NO.C2H6BrO3P/c1-3-6-4-2-5-1;3-1-2(4)7(5)6/h5H,1-4H2;2,4,7H,1H2,(H,5,6). The minimum atomic E-state index is -2.70. The first-order chi connectivity index (χ1) is 6.18. The van der Waals surface area contributed by atoms with Gasteiger partial charge in [0.2, 0.25) is 8.03 Å². The maximum absolute atomic E-state index is 9.84. The second kappa shape index (κ2) is 9.12. The molecule has 0 saturated carbocycles. The van der Waals surface area contributed by atoms with Crippen LogP contribution < -0.4 is 5.32 Å². The number of halogens is 1. The van der Waals surface area contributed by atoms with Crippen molar-refractivity contribution >= 4 is 24.0 Å². The van der Waals surface area contributed by atoms with Crippen LogP contribution in [-0.4, -0.2) is 47.5 Å². The van der Waals surface area contributed by atoms with Crippen molar-refractivity contribution in [2.24, 2.45) is 0 Å². The molecule has 0 aromatic carbocycles. The summed E-state index contributed by atoms with van der Waals surface area (Å²) >= 11 is 2.83. The lowest BCUT2D eigenvalue weighted by atomic mass is 10.5. The Morgan fingerprint density at radius 1 is 1.54 bits per heavy atom. The molecule has 0 amide bonds. The molecule has 7 heteroatoms. The van der Waals surface area contributed by atoms with Gasteiger partial charge in [0.15, 0.2) is 0 Å². The van der Waals surface area contributed by atoms with Crippen molar-refractivity contribution in [1.82, 2.24) is 5.32 Å². The molecular weight excluding hydrogens is 261 g/mol. The van der Waals surface area contributed by atoms with Gasteiger partial charge in [-0.15, -0.1) is 0 Å². The third-order valence-corrected chi connectivity index (χ3v) is 3.26. The molecule has 0 spiro atoms. The van der Waals surface area contributed by atoms with Gasteiger partial charge in [-0.2, -0.15) is 0 Å². The van der Waals surface area contributed by atoms with Crippen molar-refractivity contribution < 1.29 is 19.3 Å². The fourth-order valence-corrected chi connectivity index (χ4v) is 1.54. The summed E-state index contributed by atoms with van der Waals surface area (Å²) in [6, 6.07) is 0. The number of ether oxygens (including phenoxy) is 1. The third-order valence-electron chi connectivity index (χ3n) is 1.28. The summed E-state index contributed by atoms with van der Waals surface area (Å²) in [7, 11) is -2.70. The van der Waals surface area contributed by atoms with Gasteiger partial charge >= 0.3 is 0 Å². The Hall–Kier alpha value is 0.550. The van der Waals surface area contributed by atoms with Crippen LogP contribution in [-0.2, 0) is 9.30 Å². The lowest BCUT2D eigenvalue weighted by Gasteiger charge is -2.10. The Labute approximate surface area is 86.5 Å². The second-order valence-corrected chi connectivity index (χ2v) is 4.36. The van der Waals surface area contributed by atoms with E-state index in [9.17, 15) is 4.57 Å². The van der Waals surface area contributed by atoms with Gasteiger partial charge in [-0.05, 0) is 0 Å². The first-order valence-electron chi connectivity index (χ1n) is 3.93. The highest BCUT2D eigenvalue weighted by Gasteiger charge is 2.04. The van der Waals surface area contributed by atoms with Crippen molar-refractivity contribution in [3.8, 4) is 0 Å². The lowest BCUT2D eigenvalue weighted by molar-refractivity contribution is 0.109. The van der Waals surface area contributed by atoms with E-state index in [4.69, 9.17) is 14.7 Å². The highest BCUT2D eigenvalue weighted by atomic mass is 79.9. The second-order valence-electron chi connectivity index (χ2n) is 2.37.